The molecule has 4 aromatic rings. The molecule has 39 heavy (non-hydrogen) atoms. The highest BCUT2D eigenvalue weighted by Crippen LogP contribution is 2.44. The summed E-state index contributed by atoms with van der Waals surface area (Å²) in [5, 5.41) is 4.08. The molecule has 1 saturated carbocycles. The SMILES string of the molecule is CC(CCNC(c1ccccc1)(c1ccccc1)c1ccccc1)N1CCN(c2ccccc2C2CC2)CC1. The third-order valence-corrected chi connectivity index (χ3v) is 8.80. The van der Waals surface area contributed by atoms with E-state index in [0.29, 0.717) is 6.04 Å². The van der Waals surface area contributed by atoms with Crippen molar-refractivity contribution in [2.75, 3.05) is 37.6 Å². The predicted octanol–water partition coefficient (Wildman–Crippen LogP) is 7.05. The molecule has 4 aromatic carbocycles. The van der Waals surface area contributed by atoms with Crippen LogP contribution in [-0.2, 0) is 5.54 Å². The molecule has 0 radical (unpaired) electrons. The Balaban J connectivity index is 1.16. The van der Waals surface area contributed by atoms with Crippen LogP contribution in [0.2, 0.25) is 0 Å². The lowest BCUT2D eigenvalue weighted by molar-refractivity contribution is 0.185. The average molecular weight is 516 g/mol. The Morgan fingerprint density at radius 1 is 0.667 bits per heavy atom. The summed E-state index contributed by atoms with van der Waals surface area (Å²) in [7, 11) is 0. The fourth-order valence-corrected chi connectivity index (χ4v) is 6.44. The van der Waals surface area contributed by atoms with E-state index in [1.165, 1.54) is 35.2 Å². The molecule has 1 unspecified atom stereocenters. The van der Waals surface area contributed by atoms with Crippen LogP contribution in [0.4, 0.5) is 5.69 Å². The van der Waals surface area contributed by atoms with Crippen molar-refractivity contribution in [1.29, 1.82) is 0 Å². The second kappa shape index (κ2) is 11.8. The Labute approximate surface area is 234 Å². The number of rotatable bonds is 10. The Bertz CT molecular complexity index is 1210. The van der Waals surface area contributed by atoms with Gasteiger partial charge >= 0.3 is 0 Å². The molecule has 1 saturated heterocycles. The molecule has 1 aliphatic heterocycles. The molecule has 1 N–H and O–H groups in total. The van der Waals surface area contributed by atoms with Gasteiger partial charge in [0, 0.05) is 37.9 Å². The zero-order chi connectivity index (χ0) is 26.5. The van der Waals surface area contributed by atoms with Crippen molar-refractivity contribution < 1.29 is 0 Å². The number of nitrogens with one attached hydrogen (secondary N) is 1. The van der Waals surface area contributed by atoms with Gasteiger partial charge in [0.1, 0.15) is 0 Å². The van der Waals surface area contributed by atoms with Crippen LogP contribution in [0.25, 0.3) is 0 Å². The quantitative estimate of drug-likeness (QED) is 0.228. The summed E-state index contributed by atoms with van der Waals surface area (Å²) in [6, 6.07) is 42.4. The van der Waals surface area contributed by atoms with E-state index in [0.717, 1.165) is 45.1 Å². The zero-order valence-electron chi connectivity index (χ0n) is 23.2. The highest BCUT2D eigenvalue weighted by molar-refractivity contribution is 5.56. The minimum absolute atomic E-state index is 0.394. The number of para-hydroxylation sites is 1. The number of nitrogens with zero attached hydrogens (tertiary/aromatic N) is 2. The van der Waals surface area contributed by atoms with Crippen molar-refractivity contribution in [3.05, 3.63) is 138 Å². The van der Waals surface area contributed by atoms with Gasteiger partial charge in [-0.25, -0.2) is 0 Å². The third-order valence-electron chi connectivity index (χ3n) is 8.80. The Morgan fingerprint density at radius 2 is 1.15 bits per heavy atom. The van der Waals surface area contributed by atoms with Crippen molar-refractivity contribution in [3.8, 4) is 0 Å². The largest absolute Gasteiger partial charge is 0.369 e. The van der Waals surface area contributed by atoms with Crippen LogP contribution < -0.4 is 10.2 Å². The van der Waals surface area contributed by atoms with Gasteiger partial charge in [-0.3, -0.25) is 10.2 Å². The second-order valence-corrected chi connectivity index (χ2v) is 11.3. The fourth-order valence-electron chi connectivity index (χ4n) is 6.44. The lowest BCUT2D eigenvalue weighted by atomic mass is 9.77. The molecule has 3 heteroatoms. The highest BCUT2D eigenvalue weighted by atomic mass is 15.3. The molecule has 1 atom stereocenters. The van der Waals surface area contributed by atoms with E-state index in [1.54, 1.807) is 5.56 Å². The van der Waals surface area contributed by atoms with Crippen molar-refractivity contribution in [2.24, 2.45) is 0 Å². The van der Waals surface area contributed by atoms with Gasteiger partial charge in [-0.05, 0) is 67.0 Å². The molecule has 1 aliphatic carbocycles. The monoisotopic (exact) mass is 515 g/mol. The van der Waals surface area contributed by atoms with Crippen molar-refractivity contribution in [3.63, 3.8) is 0 Å². The molecular formula is C36H41N3. The Hall–Kier alpha value is -3.40. The van der Waals surface area contributed by atoms with E-state index in [4.69, 9.17) is 0 Å². The summed E-state index contributed by atoms with van der Waals surface area (Å²) < 4.78 is 0. The van der Waals surface area contributed by atoms with E-state index in [2.05, 4.69) is 137 Å². The van der Waals surface area contributed by atoms with Crippen molar-refractivity contribution >= 4 is 5.69 Å². The van der Waals surface area contributed by atoms with Gasteiger partial charge in [-0.15, -0.1) is 0 Å². The molecule has 0 bridgehead atoms. The molecule has 0 spiro atoms. The highest BCUT2D eigenvalue weighted by Gasteiger charge is 2.36. The molecule has 200 valence electrons. The normalized spacial score (nSPS) is 17.2. The van der Waals surface area contributed by atoms with Crippen LogP contribution in [0.3, 0.4) is 0 Å². The smallest absolute Gasteiger partial charge is 0.0947 e. The van der Waals surface area contributed by atoms with E-state index in [1.807, 2.05) is 0 Å². The predicted molar refractivity (Wildman–Crippen MR) is 163 cm³/mol. The number of piperazine rings is 1. The Morgan fingerprint density at radius 3 is 1.67 bits per heavy atom. The minimum Gasteiger partial charge on any atom is -0.369 e. The molecular weight excluding hydrogens is 474 g/mol. The van der Waals surface area contributed by atoms with Gasteiger partial charge in [-0.2, -0.15) is 0 Å². The van der Waals surface area contributed by atoms with Crippen molar-refractivity contribution in [2.45, 2.75) is 43.7 Å². The summed E-state index contributed by atoms with van der Waals surface area (Å²) in [5.74, 6) is 0.795. The van der Waals surface area contributed by atoms with Gasteiger partial charge in [0.05, 0.1) is 5.54 Å². The minimum atomic E-state index is -0.394. The second-order valence-electron chi connectivity index (χ2n) is 11.3. The van der Waals surface area contributed by atoms with E-state index < -0.39 is 5.54 Å². The molecule has 1 heterocycles. The van der Waals surface area contributed by atoms with Crippen molar-refractivity contribution in [1.82, 2.24) is 10.2 Å². The average Bonchev–Trinajstić information content (AvgIpc) is 3.87. The number of anilines is 1. The summed E-state index contributed by atoms with van der Waals surface area (Å²) in [6.07, 6.45) is 3.82. The number of hydrogen-bond acceptors (Lipinski definition) is 3. The molecule has 6 rings (SSSR count). The van der Waals surface area contributed by atoms with Crippen LogP contribution in [0.1, 0.15) is 54.4 Å². The summed E-state index contributed by atoms with van der Waals surface area (Å²) in [4.78, 5) is 5.31. The van der Waals surface area contributed by atoms with Crippen LogP contribution in [0, 0.1) is 0 Å². The van der Waals surface area contributed by atoms with Gasteiger partial charge < -0.3 is 4.90 Å². The molecule has 2 fully saturated rings. The number of benzene rings is 4. The van der Waals surface area contributed by atoms with E-state index in [-0.39, 0.29) is 0 Å². The van der Waals surface area contributed by atoms with E-state index >= 15 is 0 Å². The van der Waals surface area contributed by atoms with Crippen LogP contribution >= 0.6 is 0 Å². The summed E-state index contributed by atoms with van der Waals surface area (Å²) in [5.41, 5.74) is 6.48. The maximum atomic E-state index is 4.08. The zero-order valence-corrected chi connectivity index (χ0v) is 23.2. The van der Waals surface area contributed by atoms with Crippen LogP contribution in [-0.4, -0.2) is 43.7 Å². The standard InChI is InChI=1S/C36H41N3/c1-29(38-25-27-39(28-26-38)35-20-12-11-19-34(35)30-21-22-30)23-24-37-36(31-13-5-2-6-14-31,32-15-7-3-8-16-32)33-17-9-4-10-18-33/h2-20,29-30,37H,21-28H2,1H3. The summed E-state index contributed by atoms with van der Waals surface area (Å²) in [6.45, 7) is 7.82. The fraction of sp³-hybridized carbons (Fsp3) is 0.333. The molecule has 3 nitrogen and oxygen atoms in total. The molecule has 2 aliphatic rings. The van der Waals surface area contributed by atoms with Crippen LogP contribution in [0.15, 0.2) is 115 Å². The first-order valence-electron chi connectivity index (χ1n) is 14.8. The van der Waals surface area contributed by atoms with Gasteiger partial charge in [0.25, 0.3) is 0 Å². The Kier molecular flexibility index (Phi) is 7.81. The maximum absolute atomic E-state index is 4.08. The van der Waals surface area contributed by atoms with Gasteiger partial charge in [0.15, 0.2) is 0 Å². The lowest BCUT2D eigenvalue weighted by Crippen LogP contribution is -2.51. The van der Waals surface area contributed by atoms with Crippen LogP contribution in [0.5, 0.6) is 0 Å². The first kappa shape index (κ1) is 25.9. The number of hydrogen-bond donors (Lipinski definition) is 1. The summed E-state index contributed by atoms with van der Waals surface area (Å²) >= 11 is 0. The topological polar surface area (TPSA) is 18.5 Å². The van der Waals surface area contributed by atoms with Gasteiger partial charge in [-0.1, -0.05) is 109 Å². The first-order valence-corrected chi connectivity index (χ1v) is 14.8. The molecule has 0 aromatic heterocycles. The molecule has 0 amide bonds. The van der Waals surface area contributed by atoms with E-state index in [9.17, 15) is 0 Å². The first-order chi connectivity index (χ1) is 19.3. The lowest BCUT2D eigenvalue weighted by Gasteiger charge is -2.41. The maximum Gasteiger partial charge on any atom is 0.0947 e. The van der Waals surface area contributed by atoms with Gasteiger partial charge in [0.2, 0.25) is 0 Å². The third kappa shape index (κ3) is 5.52.